The van der Waals surface area contributed by atoms with Crippen molar-refractivity contribution in [2.75, 3.05) is 19.7 Å². The van der Waals surface area contributed by atoms with Crippen LogP contribution in [0.15, 0.2) is 52.7 Å². The van der Waals surface area contributed by atoms with E-state index in [2.05, 4.69) is 40.7 Å². The zero-order valence-electron chi connectivity index (χ0n) is 31.6. The largest absolute Gasteiger partial charge is 0.461 e. The molecule has 1 aliphatic heterocycles. The number of benzene rings is 1. The van der Waals surface area contributed by atoms with Gasteiger partial charge in [0.1, 0.15) is 6.10 Å². The maximum atomic E-state index is 14.3. The molecule has 2 heterocycles. The lowest BCUT2D eigenvalue weighted by Gasteiger charge is -2.46. The highest BCUT2D eigenvalue weighted by Crippen LogP contribution is 2.59. The summed E-state index contributed by atoms with van der Waals surface area (Å²) in [5.41, 5.74) is 1.64. The van der Waals surface area contributed by atoms with Crippen molar-refractivity contribution in [3.63, 3.8) is 0 Å². The van der Waals surface area contributed by atoms with Gasteiger partial charge in [0, 0.05) is 17.6 Å². The van der Waals surface area contributed by atoms with Crippen molar-refractivity contribution in [1.82, 2.24) is 4.90 Å². The number of furan rings is 1. The third kappa shape index (κ3) is 8.34. The van der Waals surface area contributed by atoms with Crippen molar-refractivity contribution in [2.24, 2.45) is 23.2 Å². The summed E-state index contributed by atoms with van der Waals surface area (Å²) in [6.45, 7) is 12.2. The predicted octanol–water partition coefficient (Wildman–Crippen LogP) is 8.63. The molecule has 1 amide bonds. The van der Waals surface area contributed by atoms with Gasteiger partial charge in [0.2, 0.25) is 5.78 Å². The van der Waals surface area contributed by atoms with Crippen LogP contribution in [0.1, 0.15) is 138 Å². The van der Waals surface area contributed by atoms with E-state index in [4.69, 9.17) is 13.9 Å². The Labute approximate surface area is 305 Å². The number of aliphatic hydroxyl groups excluding tert-OH is 1. The molecule has 8 unspecified atom stereocenters. The van der Waals surface area contributed by atoms with Gasteiger partial charge in [0.05, 0.1) is 37.2 Å². The van der Waals surface area contributed by atoms with E-state index in [1.165, 1.54) is 11.8 Å². The number of amides is 1. The fourth-order valence-corrected chi connectivity index (χ4v) is 9.74. The number of hydrogen-bond donors (Lipinski definition) is 2. The molecule has 8 heteroatoms. The molecule has 1 saturated heterocycles. The zero-order chi connectivity index (χ0) is 36.3. The van der Waals surface area contributed by atoms with Gasteiger partial charge in [-0.05, 0) is 131 Å². The zero-order valence-corrected chi connectivity index (χ0v) is 31.6. The summed E-state index contributed by atoms with van der Waals surface area (Å²) in [7, 11) is 0. The highest BCUT2D eigenvalue weighted by molar-refractivity contribution is 6.08. The van der Waals surface area contributed by atoms with Crippen LogP contribution in [0.3, 0.4) is 0 Å². The molecule has 1 aromatic carbocycles. The van der Waals surface area contributed by atoms with Crippen molar-refractivity contribution in [3.05, 3.63) is 70.7 Å². The first-order valence-corrected chi connectivity index (χ1v) is 19.7. The summed E-state index contributed by atoms with van der Waals surface area (Å²) >= 11 is 0. The molecular weight excluding hydrogens is 642 g/mol. The third-order valence-corrected chi connectivity index (χ3v) is 13.0. The van der Waals surface area contributed by atoms with Crippen molar-refractivity contribution >= 4 is 11.9 Å². The Hall–Kier alpha value is -2.94. The number of ketones is 1. The fraction of sp³-hybridized carbons (Fsp3) is 0.674. The number of rotatable bonds is 8. The molecule has 2 N–H and O–H groups in total. The van der Waals surface area contributed by atoms with Crippen LogP contribution < -0.4 is 0 Å². The van der Waals surface area contributed by atoms with E-state index >= 15 is 0 Å². The quantitative estimate of drug-likeness (QED) is 0.209. The van der Waals surface area contributed by atoms with Crippen molar-refractivity contribution < 1.29 is 33.7 Å². The van der Waals surface area contributed by atoms with E-state index in [-0.39, 0.29) is 42.3 Å². The van der Waals surface area contributed by atoms with Gasteiger partial charge in [-0.3, -0.25) is 4.79 Å². The van der Waals surface area contributed by atoms with Gasteiger partial charge in [-0.25, -0.2) is 4.79 Å². The summed E-state index contributed by atoms with van der Waals surface area (Å²) in [6, 6.07) is 9.40. The lowest BCUT2D eigenvalue weighted by molar-refractivity contribution is -0.0908. The Kier molecular flexibility index (Phi) is 11.8. The molecule has 280 valence electrons. The van der Waals surface area contributed by atoms with E-state index in [1.807, 2.05) is 18.2 Å². The van der Waals surface area contributed by atoms with Crippen LogP contribution in [-0.4, -0.2) is 70.6 Å². The fourth-order valence-electron chi connectivity index (χ4n) is 9.74. The van der Waals surface area contributed by atoms with Crippen LogP contribution in [-0.2, 0) is 15.9 Å². The number of carbonyl (C=O) groups is 2. The second kappa shape index (κ2) is 16.0. The van der Waals surface area contributed by atoms with Gasteiger partial charge in [-0.1, -0.05) is 57.9 Å². The molecule has 5 aliphatic rings. The average Bonchev–Trinajstić information content (AvgIpc) is 3.86. The van der Waals surface area contributed by atoms with Crippen LogP contribution in [0.2, 0.25) is 0 Å². The molecule has 0 spiro atoms. The van der Waals surface area contributed by atoms with Gasteiger partial charge < -0.3 is 29.0 Å². The molecule has 8 atom stereocenters. The molecule has 1 aromatic heterocycles. The van der Waals surface area contributed by atoms with Crippen LogP contribution in [0.4, 0.5) is 4.79 Å². The normalized spacial score (nSPS) is 33.1. The lowest BCUT2D eigenvalue weighted by Crippen LogP contribution is -2.55. The Morgan fingerprint density at radius 1 is 1.10 bits per heavy atom. The summed E-state index contributed by atoms with van der Waals surface area (Å²) in [5.74, 6) is 1.14. The summed E-state index contributed by atoms with van der Waals surface area (Å²) in [4.78, 5) is 30.2. The smallest absolute Gasteiger partial charge is 0.410 e. The second-order valence-corrected chi connectivity index (χ2v) is 17.0. The van der Waals surface area contributed by atoms with Gasteiger partial charge in [-0.15, -0.1) is 0 Å². The first-order valence-electron chi connectivity index (χ1n) is 19.7. The number of allylic oxidation sites excluding steroid dienone is 2. The SMILES string of the molecule is CC1=CCCC2(C)C(CCC2(O)CN(CC2CCCO2)C(=O)OC2CC(C)CCC2C(C)C)c2ccc(cc2C(=O)c2ccco2)CC(O)CC1. The van der Waals surface area contributed by atoms with E-state index < -0.39 is 17.1 Å². The molecule has 7 rings (SSSR count). The molecule has 8 nitrogen and oxygen atoms in total. The molecule has 51 heavy (non-hydrogen) atoms. The highest BCUT2D eigenvalue weighted by Gasteiger charge is 2.58. The van der Waals surface area contributed by atoms with Crippen molar-refractivity contribution in [1.29, 1.82) is 0 Å². The van der Waals surface area contributed by atoms with E-state index in [9.17, 15) is 19.8 Å². The minimum absolute atomic E-state index is 0.0904. The van der Waals surface area contributed by atoms with Crippen LogP contribution in [0.5, 0.6) is 0 Å². The van der Waals surface area contributed by atoms with E-state index in [0.717, 1.165) is 56.1 Å². The van der Waals surface area contributed by atoms with Crippen molar-refractivity contribution in [2.45, 2.75) is 141 Å². The third-order valence-electron chi connectivity index (χ3n) is 13.0. The maximum absolute atomic E-state index is 14.3. The van der Waals surface area contributed by atoms with Crippen LogP contribution in [0, 0.1) is 23.2 Å². The molecule has 3 fully saturated rings. The van der Waals surface area contributed by atoms with Crippen LogP contribution in [0.25, 0.3) is 0 Å². The summed E-state index contributed by atoms with van der Waals surface area (Å²) in [6.07, 6.45) is 11.9. The first kappa shape index (κ1) is 37.8. The molecule has 0 radical (unpaired) electrons. The van der Waals surface area contributed by atoms with Gasteiger partial charge in [0.15, 0.2) is 5.76 Å². The number of fused-ring (bicyclic) bond motifs is 8. The molecule has 2 bridgehead atoms. The maximum Gasteiger partial charge on any atom is 0.410 e. The van der Waals surface area contributed by atoms with E-state index in [1.54, 1.807) is 17.0 Å². The molecule has 2 aromatic rings. The summed E-state index contributed by atoms with van der Waals surface area (Å²) in [5, 5.41) is 24.0. The Balaban J connectivity index is 1.36. The first-order chi connectivity index (χ1) is 24.4. The number of hydrogen-bond acceptors (Lipinski definition) is 7. The minimum Gasteiger partial charge on any atom is -0.461 e. The standard InChI is InChI=1S/C43H61NO7/c1-28(2)34-16-13-30(4)23-39(34)51-41(47)44(26-33-10-7-21-49-33)27-43(48)20-18-37-35-17-14-31(25-36(35)40(46)38-11-8-22-50-38)24-32(45)15-12-29(3)9-6-19-42(37,43)5/h8-9,11,14,17,22,25,28,30,32-34,37,39,45,48H,6-7,10,12-13,15-16,18-21,23-24,26-27H2,1-5H3. The Morgan fingerprint density at radius 3 is 2.65 bits per heavy atom. The number of aliphatic hydroxyl groups is 2. The van der Waals surface area contributed by atoms with Crippen LogP contribution >= 0.6 is 0 Å². The number of nitrogens with zero attached hydrogens (tertiary/aromatic N) is 1. The van der Waals surface area contributed by atoms with E-state index in [0.29, 0.717) is 68.6 Å². The molecule has 4 aliphatic carbocycles. The monoisotopic (exact) mass is 703 g/mol. The molecular formula is C43H61NO7. The Bertz CT molecular complexity index is 1530. The minimum atomic E-state index is -1.24. The predicted molar refractivity (Wildman–Crippen MR) is 198 cm³/mol. The highest BCUT2D eigenvalue weighted by atomic mass is 16.6. The summed E-state index contributed by atoms with van der Waals surface area (Å²) < 4.78 is 18.1. The van der Waals surface area contributed by atoms with Gasteiger partial charge in [-0.2, -0.15) is 0 Å². The number of ether oxygens (including phenoxy) is 2. The number of carbonyl (C=O) groups excluding carboxylic acids is 2. The van der Waals surface area contributed by atoms with Gasteiger partial charge in [0.25, 0.3) is 0 Å². The van der Waals surface area contributed by atoms with Crippen molar-refractivity contribution in [3.8, 4) is 0 Å². The molecule has 2 saturated carbocycles. The Morgan fingerprint density at radius 2 is 1.92 bits per heavy atom. The average molecular weight is 704 g/mol. The van der Waals surface area contributed by atoms with Gasteiger partial charge >= 0.3 is 6.09 Å². The second-order valence-electron chi connectivity index (χ2n) is 17.0. The topological polar surface area (TPSA) is 109 Å². The lowest BCUT2D eigenvalue weighted by atomic mass is 9.64.